The van der Waals surface area contributed by atoms with E-state index in [-0.39, 0.29) is 22.8 Å². The third-order valence-electron chi connectivity index (χ3n) is 4.40. The summed E-state index contributed by atoms with van der Waals surface area (Å²) in [5.41, 5.74) is 1.27. The van der Waals surface area contributed by atoms with Crippen LogP contribution < -0.4 is 5.32 Å². The van der Waals surface area contributed by atoms with Gasteiger partial charge in [-0.3, -0.25) is 9.36 Å². The summed E-state index contributed by atoms with van der Waals surface area (Å²) in [5.74, 6) is -0.886. The number of carbonyl (C=O) groups excluding carboxylic acids is 2. The van der Waals surface area contributed by atoms with Crippen molar-refractivity contribution in [2.75, 3.05) is 5.32 Å². The van der Waals surface area contributed by atoms with E-state index in [9.17, 15) is 14.9 Å². The Morgan fingerprint density at radius 1 is 1.24 bits per heavy atom. The summed E-state index contributed by atoms with van der Waals surface area (Å²) < 4.78 is 12.5. The Labute approximate surface area is 172 Å². The van der Waals surface area contributed by atoms with Gasteiger partial charge >= 0.3 is 5.97 Å². The average molecular weight is 412 g/mol. The molecule has 2 heterocycles. The van der Waals surface area contributed by atoms with E-state index in [0.29, 0.717) is 16.3 Å². The number of aryl methyl sites for hydroxylation is 1. The number of ether oxygens (including phenoxy) is 1. The van der Waals surface area contributed by atoms with Crippen LogP contribution in [0.5, 0.6) is 0 Å². The second kappa shape index (κ2) is 8.25. The average Bonchev–Trinajstić information content (AvgIpc) is 3.32. The number of aromatic nitrogens is 1. The van der Waals surface area contributed by atoms with Crippen molar-refractivity contribution in [2.45, 2.75) is 26.9 Å². The molecule has 1 aromatic carbocycles. The van der Waals surface area contributed by atoms with Crippen LogP contribution in [0.4, 0.5) is 5.69 Å². The van der Waals surface area contributed by atoms with Crippen molar-refractivity contribution in [3.63, 3.8) is 0 Å². The van der Waals surface area contributed by atoms with Crippen LogP contribution >= 0.6 is 11.6 Å². The maximum atomic E-state index is 12.7. The fraction of sp³-hybridized carbons (Fsp3) is 0.190. The predicted octanol–water partition coefficient (Wildman–Crippen LogP) is 4.40. The van der Waals surface area contributed by atoms with Gasteiger partial charge < -0.3 is 14.5 Å². The topological polar surface area (TPSA) is 97.3 Å². The second-order valence-electron chi connectivity index (χ2n) is 6.36. The minimum Gasteiger partial charge on any atom is -0.449 e. The lowest BCUT2D eigenvalue weighted by molar-refractivity contribution is -0.123. The number of nitriles is 1. The molecule has 1 amide bonds. The highest BCUT2D eigenvalue weighted by atomic mass is 35.5. The van der Waals surface area contributed by atoms with Gasteiger partial charge in [-0.15, -0.1) is 0 Å². The molecule has 0 unspecified atom stereocenters. The standard InChI is InChI=1S/C21H18ClN3O4/c1-12-16(22)7-6-8-17(12)24-19(26)14(3)29-21(27)18-13(2)28-20(15(18)11-23)25-9-4-5-10-25/h4-10,14H,1-3H3,(H,24,26)/t14-/m0/s1. The summed E-state index contributed by atoms with van der Waals surface area (Å²) in [5, 5.41) is 12.7. The Bertz CT molecular complexity index is 1110. The number of nitrogens with one attached hydrogen (secondary N) is 1. The van der Waals surface area contributed by atoms with Gasteiger partial charge in [-0.25, -0.2) is 4.79 Å². The van der Waals surface area contributed by atoms with E-state index < -0.39 is 18.0 Å². The number of furan rings is 1. The molecular weight excluding hydrogens is 394 g/mol. The zero-order valence-electron chi connectivity index (χ0n) is 16.0. The van der Waals surface area contributed by atoms with Crippen LogP contribution in [0.15, 0.2) is 47.1 Å². The van der Waals surface area contributed by atoms with Crippen molar-refractivity contribution in [2.24, 2.45) is 0 Å². The van der Waals surface area contributed by atoms with Crippen LogP contribution in [-0.4, -0.2) is 22.5 Å². The first-order valence-corrected chi connectivity index (χ1v) is 9.15. The van der Waals surface area contributed by atoms with Crippen molar-refractivity contribution in [1.82, 2.24) is 4.57 Å². The zero-order valence-corrected chi connectivity index (χ0v) is 16.8. The van der Waals surface area contributed by atoms with Gasteiger partial charge in [0.15, 0.2) is 6.10 Å². The Hall–Kier alpha value is -3.50. The summed E-state index contributed by atoms with van der Waals surface area (Å²) in [4.78, 5) is 25.1. The number of esters is 1. The number of anilines is 1. The number of rotatable bonds is 5. The Morgan fingerprint density at radius 2 is 1.93 bits per heavy atom. The van der Waals surface area contributed by atoms with Crippen molar-refractivity contribution in [1.29, 1.82) is 5.26 Å². The Kier molecular flexibility index (Phi) is 5.76. The van der Waals surface area contributed by atoms with Gasteiger partial charge in [0.2, 0.25) is 5.88 Å². The van der Waals surface area contributed by atoms with Crippen molar-refractivity contribution in [3.05, 3.63) is 70.2 Å². The lowest BCUT2D eigenvalue weighted by Gasteiger charge is -2.15. The molecule has 0 spiro atoms. The molecule has 3 aromatic rings. The normalized spacial score (nSPS) is 11.6. The second-order valence-corrected chi connectivity index (χ2v) is 6.77. The number of benzene rings is 1. The van der Waals surface area contributed by atoms with Gasteiger partial charge in [0.1, 0.15) is 23.0 Å². The van der Waals surface area contributed by atoms with Crippen LogP contribution in [-0.2, 0) is 9.53 Å². The van der Waals surface area contributed by atoms with E-state index in [1.165, 1.54) is 6.92 Å². The number of hydrogen-bond donors (Lipinski definition) is 1. The van der Waals surface area contributed by atoms with E-state index in [1.54, 1.807) is 61.1 Å². The fourth-order valence-electron chi connectivity index (χ4n) is 2.78. The summed E-state index contributed by atoms with van der Waals surface area (Å²) in [7, 11) is 0. The molecule has 0 aliphatic heterocycles. The summed E-state index contributed by atoms with van der Waals surface area (Å²) in [6.45, 7) is 4.78. The largest absolute Gasteiger partial charge is 0.449 e. The molecule has 0 radical (unpaired) electrons. The third kappa shape index (κ3) is 4.03. The SMILES string of the molecule is Cc1oc(-n2cccc2)c(C#N)c1C(=O)O[C@@H](C)C(=O)Nc1cccc(Cl)c1C. The van der Waals surface area contributed by atoms with Crippen LogP contribution in [0.25, 0.3) is 5.88 Å². The molecule has 0 aliphatic rings. The molecule has 2 aromatic heterocycles. The number of carbonyl (C=O) groups is 2. The van der Waals surface area contributed by atoms with Crippen molar-refractivity contribution < 1.29 is 18.7 Å². The number of nitrogens with zero attached hydrogens (tertiary/aromatic N) is 2. The lowest BCUT2D eigenvalue weighted by atomic mass is 10.1. The van der Waals surface area contributed by atoms with E-state index in [2.05, 4.69) is 5.32 Å². The van der Waals surface area contributed by atoms with Crippen molar-refractivity contribution in [3.8, 4) is 12.0 Å². The first kappa shape index (κ1) is 20.2. The van der Waals surface area contributed by atoms with Crippen LogP contribution in [0, 0.1) is 25.2 Å². The highest BCUT2D eigenvalue weighted by Crippen LogP contribution is 2.27. The van der Waals surface area contributed by atoms with E-state index in [4.69, 9.17) is 20.8 Å². The van der Waals surface area contributed by atoms with Gasteiger partial charge in [0.25, 0.3) is 5.91 Å². The lowest BCUT2D eigenvalue weighted by Crippen LogP contribution is -2.30. The summed E-state index contributed by atoms with van der Waals surface area (Å²) in [6, 6.07) is 10.6. The molecule has 7 nitrogen and oxygen atoms in total. The van der Waals surface area contributed by atoms with Crippen LogP contribution in [0.3, 0.4) is 0 Å². The first-order chi connectivity index (χ1) is 13.8. The van der Waals surface area contributed by atoms with Crippen LogP contribution in [0.2, 0.25) is 5.02 Å². The zero-order chi connectivity index (χ0) is 21.1. The highest BCUT2D eigenvalue weighted by molar-refractivity contribution is 6.31. The Morgan fingerprint density at radius 3 is 2.59 bits per heavy atom. The maximum absolute atomic E-state index is 12.7. The van der Waals surface area contributed by atoms with E-state index in [1.807, 2.05) is 6.07 Å². The van der Waals surface area contributed by atoms with E-state index in [0.717, 1.165) is 0 Å². The smallest absolute Gasteiger partial charge is 0.343 e. The minimum atomic E-state index is -1.10. The van der Waals surface area contributed by atoms with Gasteiger partial charge in [0, 0.05) is 23.1 Å². The number of amides is 1. The van der Waals surface area contributed by atoms with E-state index >= 15 is 0 Å². The number of halogens is 1. The molecule has 0 bridgehead atoms. The molecule has 148 valence electrons. The predicted molar refractivity (Wildman–Crippen MR) is 107 cm³/mol. The third-order valence-corrected chi connectivity index (χ3v) is 4.81. The molecular formula is C21H18ClN3O4. The monoisotopic (exact) mass is 411 g/mol. The molecule has 3 rings (SSSR count). The Balaban J connectivity index is 1.79. The molecule has 0 aliphatic carbocycles. The number of hydrogen-bond acceptors (Lipinski definition) is 5. The van der Waals surface area contributed by atoms with Gasteiger partial charge in [-0.1, -0.05) is 17.7 Å². The first-order valence-electron chi connectivity index (χ1n) is 8.77. The molecule has 0 fully saturated rings. The quantitative estimate of drug-likeness (QED) is 0.627. The highest BCUT2D eigenvalue weighted by Gasteiger charge is 2.28. The molecule has 0 saturated carbocycles. The summed E-state index contributed by atoms with van der Waals surface area (Å²) in [6.07, 6.45) is 2.28. The van der Waals surface area contributed by atoms with Crippen LogP contribution in [0.1, 0.15) is 34.2 Å². The summed E-state index contributed by atoms with van der Waals surface area (Å²) >= 11 is 6.06. The molecule has 1 N–H and O–H groups in total. The van der Waals surface area contributed by atoms with Crippen molar-refractivity contribution >= 4 is 29.2 Å². The minimum absolute atomic E-state index is 0.00483. The van der Waals surface area contributed by atoms with Gasteiger partial charge in [-0.2, -0.15) is 5.26 Å². The maximum Gasteiger partial charge on any atom is 0.343 e. The fourth-order valence-corrected chi connectivity index (χ4v) is 2.96. The molecule has 29 heavy (non-hydrogen) atoms. The molecule has 8 heteroatoms. The molecule has 1 atom stereocenters. The van der Waals surface area contributed by atoms with Gasteiger partial charge in [0.05, 0.1) is 0 Å². The molecule has 0 saturated heterocycles. The van der Waals surface area contributed by atoms with Gasteiger partial charge in [-0.05, 0) is 50.6 Å².